The van der Waals surface area contributed by atoms with Crippen molar-refractivity contribution in [3.05, 3.63) is 104 Å². The maximum Gasteiger partial charge on any atom is 0.335 e. The van der Waals surface area contributed by atoms with E-state index in [2.05, 4.69) is 17.2 Å². The Morgan fingerprint density at radius 2 is 1.57 bits per heavy atom. The summed E-state index contributed by atoms with van der Waals surface area (Å²) in [4.78, 5) is 46.6. The van der Waals surface area contributed by atoms with Gasteiger partial charge in [-0.1, -0.05) is 24.8 Å². The van der Waals surface area contributed by atoms with Gasteiger partial charge in [0.1, 0.15) is 29.7 Å². The number of carbonyl (C=O) groups is 2. The summed E-state index contributed by atoms with van der Waals surface area (Å²) in [6.45, 7) is 12.6. The van der Waals surface area contributed by atoms with E-state index < -0.39 is 23.0 Å². The predicted molar refractivity (Wildman–Crippen MR) is 169 cm³/mol. The van der Waals surface area contributed by atoms with Crippen molar-refractivity contribution in [2.24, 2.45) is 7.05 Å². The Bertz CT molecular complexity index is 1530. The zero-order valence-electron chi connectivity index (χ0n) is 25.8. The van der Waals surface area contributed by atoms with Crippen molar-refractivity contribution in [3.8, 4) is 17.2 Å². The van der Waals surface area contributed by atoms with Crippen LogP contribution >= 0.6 is 0 Å². The van der Waals surface area contributed by atoms with Gasteiger partial charge in [0, 0.05) is 31.3 Å². The molecule has 1 heterocycles. The summed E-state index contributed by atoms with van der Waals surface area (Å²) in [5, 5.41) is 33.4. The lowest BCUT2D eigenvalue weighted by atomic mass is 10.1. The van der Waals surface area contributed by atoms with Crippen LogP contribution in [0.1, 0.15) is 48.0 Å². The molecule has 1 amide bonds. The number of carbonyl (C=O) groups excluding carboxylic acids is 2. The summed E-state index contributed by atoms with van der Waals surface area (Å²) in [6.07, 6.45) is 1.38. The number of hydrogen-bond donors (Lipinski definition) is 5. The minimum Gasteiger partial charge on any atom is -0.507 e. The average molecular weight is 613 g/mol. The third kappa shape index (κ3) is 9.89. The average Bonchev–Trinajstić information content (AvgIpc) is 2.96. The van der Waals surface area contributed by atoms with E-state index in [-0.39, 0.29) is 52.6 Å². The van der Waals surface area contributed by atoms with Crippen molar-refractivity contribution >= 4 is 18.8 Å². The van der Waals surface area contributed by atoms with Crippen LogP contribution in [0, 0.1) is 6.92 Å². The second kappa shape index (κ2) is 17.3. The number of nitrogens with one attached hydrogen (secondary N) is 2. The topological polar surface area (TPSA) is 163 Å². The lowest BCUT2D eigenvalue weighted by Crippen LogP contribution is -2.40. The van der Waals surface area contributed by atoms with E-state index in [1.807, 2.05) is 6.79 Å². The standard InChI is InChI=1S/C28H31FN4O5.C3H8O.CH2O/c1-16(15-30-4)21(29)14-22-18(3)27(37)33(28(38)32(22)5)20-11-9-19(10-12-20)13-17(2)31-26(36)25-23(34)7-6-8-24(25)35;1-3(2)4;1-2/h6-12,14,17,30,34-35H,1,13,15H2,2-5H3,(H,31,36);3-4H,1-2H3;1H2/b21-14+;;. The summed E-state index contributed by atoms with van der Waals surface area (Å²) in [6, 6.07) is 10.4. The third-order valence-corrected chi connectivity index (χ3v) is 6.10. The van der Waals surface area contributed by atoms with Crippen molar-refractivity contribution < 1.29 is 29.3 Å². The number of likely N-dealkylation sites (N-methyl/N-ethyl adjacent to an activating group) is 1. The quantitative estimate of drug-likeness (QED) is 0.230. The van der Waals surface area contributed by atoms with Crippen LogP contribution in [0.15, 0.2) is 70.0 Å². The van der Waals surface area contributed by atoms with Gasteiger partial charge in [0.2, 0.25) is 0 Å². The fourth-order valence-electron chi connectivity index (χ4n) is 4.06. The summed E-state index contributed by atoms with van der Waals surface area (Å²) in [5.41, 5.74) is 0.307. The molecule has 0 saturated carbocycles. The van der Waals surface area contributed by atoms with Crippen molar-refractivity contribution in [2.45, 2.75) is 46.3 Å². The molecule has 0 aliphatic heterocycles. The summed E-state index contributed by atoms with van der Waals surface area (Å²) in [7, 11) is 3.12. The number of nitrogens with zero attached hydrogens (tertiary/aromatic N) is 2. The Morgan fingerprint density at radius 3 is 2.07 bits per heavy atom. The van der Waals surface area contributed by atoms with Gasteiger partial charge in [0.25, 0.3) is 11.5 Å². The lowest BCUT2D eigenvalue weighted by Gasteiger charge is -2.16. The normalized spacial score (nSPS) is 11.5. The highest BCUT2D eigenvalue weighted by Crippen LogP contribution is 2.26. The van der Waals surface area contributed by atoms with Gasteiger partial charge in [-0.2, -0.15) is 0 Å². The second-order valence-corrected chi connectivity index (χ2v) is 10.1. The molecule has 3 rings (SSSR count). The number of benzene rings is 2. The molecule has 2 aromatic carbocycles. The van der Waals surface area contributed by atoms with Crippen LogP contribution in [0.25, 0.3) is 11.8 Å². The highest BCUT2D eigenvalue weighted by Gasteiger charge is 2.19. The van der Waals surface area contributed by atoms with Crippen LogP contribution in [0.3, 0.4) is 0 Å². The molecule has 0 bridgehead atoms. The van der Waals surface area contributed by atoms with Gasteiger partial charge in [-0.15, -0.1) is 0 Å². The first-order valence-electron chi connectivity index (χ1n) is 13.6. The van der Waals surface area contributed by atoms with Gasteiger partial charge < -0.3 is 30.7 Å². The maximum absolute atomic E-state index is 14.5. The van der Waals surface area contributed by atoms with E-state index in [4.69, 9.17) is 9.90 Å². The number of hydrogen-bond acceptors (Lipinski definition) is 8. The molecule has 0 saturated heterocycles. The fourth-order valence-corrected chi connectivity index (χ4v) is 4.06. The number of aliphatic hydroxyl groups excluding tert-OH is 1. The van der Waals surface area contributed by atoms with Gasteiger partial charge in [0.15, 0.2) is 0 Å². The largest absolute Gasteiger partial charge is 0.507 e. The van der Waals surface area contributed by atoms with E-state index in [1.165, 1.54) is 36.7 Å². The zero-order valence-corrected chi connectivity index (χ0v) is 25.8. The smallest absolute Gasteiger partial charge is 0.335 e. The molecule has 0 aliphatic rings. The molecule has 1 atom stereocenters. The highest BCUT2D eigenvalue weighted by atomic mass is 19.1. The van der Waals surface area contributed by atoms with E-state index in [0.29, 0.717) is 12.1 Å². The van der Waals surface area contributed by atoms with Gasteiger partial charge >= 0.3 is 5.69 Å². The van der Waals surface area contributed by atoms with Gasteiger partial charge in [0.05, 0.1) is 11.4 Å². The van der Waals surface area contributed by atoms with Gasteiger partial charge in [-0.25, -0.2) is 13.8 Å². The Labute approximate surface area is 255 Å². The number of aromatic hydroxyl groups is 2. The van der Waals surface area contributed by atoms with E-state index in [1.54, 1.807) is 52.1 Å². The molecule has 0 spiro atoms. The number of phenolic OH excluding ortho intramolecular Hbond substituents is 2. The number of halogens is 1. The lowest BCUT2D eigenvalue weighted by molar-refractivity contribution is -0.0980. The van der Waals surface area contributed by atoms with Crippen LogP contribution in [0.2, 0.25) is 0 Å². The zero-order chi connectivity index (χ0) is 33.7. The first-order chi connectivity index (χ1) is 20.7. The Hall–Kier alpha value is -4.81. The Morgan fingerprint density at radius 1 is 1.05 bits per heavy atom. The monoisotopic (exact) mass is 612 g/mol. The first-order valence-corrected chi connectivity index (χ1v) is 13.6. The summed E-state index contributed by atoms with van der Waals surface area (Å²) >= 11 is 0. The SMILES string of the molecule is C=C(CNC)/C(F)=C\c1c(C)c(=O)n(-c2ccc(CC(C)NC(=O)c3c(O)cccc3O)cc2)c(=O)n1C.C=O.CC(C)O. The van der Waals surface area contributed by atoms with E-state index in [0.717, 1.165) is 16.2 Å². The number of aromatic nitrogens is 2. The summed E-state index contributed by atoms with van der Waals surface area (Å²) in [5.74, 6) is -1.89. The van der Waals surface area contributed by atoms with E-state index >= 15 is 0 Å². The van der Waals surface area contributed by atoms with Gasteiger partial charge in [-0.3, -0.25) is 14.2 Å². The molecule has 238 valence electrons. The van der Waals surface area contributed by atoms with Crippen molar-refractivity contribution in [1.29, 1.82) is 0 Å². The highest BCUT2D eigenvalue weighted by molar-refractivity contribution is 5.99. The molecule has 1 unspecified atom stereocenters. The van der Waals surface area contributed by atoms with Crippen LogP contribution in [-0.4, -0.2) is 62.9 Å². The molecular formula is C32H41FN4O7. The van der Waals surface area contributed by atoms with Crippen molar-refractivity contribution in [3.63, 3.8) is 0 Å². The molecule has 11 nitrogen and oxygen atoms in total. The minimum absolute atomic E-state index is 0.155. The molecule has 0 fully saturated rings. The number of amides is 1. The first kappa shape index (κ1) is 37.2. The van der Waals surface area contributed by atoms with E-state index in [9.17, 15) is 29.0 Å². The number of phenols is 2. The van der Waals surface area contributed by atoms with Crippen LogP contribution in [0.4, 0.5) is 4.39 Å². The molecule has 0 aliphatic carbocycles. The fraction of sp³-hybridized carbons (Fsp3) is 0.312. The molecule has 0 radical (unpaired) electrons. The minimum atomic E-state index is -0.630. The second-order valence-electron chi connectivity index (χ2n) is 10.1. The predicted octanol–water partition coefficient (Wildman–Crippen LogP) is 2.91. The molecule has 44 heavy (non-hydrogen) atoms. The Balaban J connectivity index is 0.00000149. The van der Waals surface area contributed by atoms with Crippen LogP contribution in [-0.2, 0) is 18.3 Å². The van der Waals surface area contributed by atoms with Crippen molar-refractivity contribution in [1.82, 2.24) is 19.8 Å². The molecule has 5 N–H and O–H groups in total. The van der Waals surface area contributed by atoms with Gasteiger partial charge in [-0.05, 0) is 82.6 Å². The third-order valence-electron chi connectivity index (χ3n) is 6.10. The number of rotatable bonds is 9. The van der Waals surface area contributed by atoms with Crippen molar-refractivity contribution in [2.75, 3.05) is 13.6 Å². The molecule has 1 aromatic heterocycles. The molecule has 12 heteroatoms. The number of aliphatic hydroxyl groups is 1. The van der Waals surface area contributed by atoms with Crippen LogP contribution in [0.5, 0.6) is 11.5 Å². The Kier molecular flexibility index (Phi) is 14.7. The molecule has 3 aromatic rings. The maximum atomic E-state index is 14.5. The summed E-state index contributed by atoms with van der Waals surface area (Å²) < 4.78 is 16.8. The van der Waals surface area contributed by atoms with Crippen LogP contribution < -0.4 is 21.9 Å². The molecular weight excluding hydrogens is 571 g/mol.